The van der Waals surface area contributed by atoms with Gasteiger partial charge in [0.05, 0.1) is 0 Å². The quantitative estimate of drug-likeness (QED) is 0.581. The van der Waals surface area contributed by atoms with E-state index in [4.69, 9.17) is 0 Å². The summed E-state index contributed by atoms with van der Waals surface area (Å²) in [5.41, 5.74) is 1.10. The van der Waals surface area contributed by atoms with Crippen LogP contribution < -0.4 is 4.46 Å². The van der Waals surface area contributed by atoms with E-state index < -0.39 is 0 Å². The third-order valence-corrected chi connectivity index (χ3v) is 3.94. The maximum atomic E-state index is 3.23. The molecule has 0 heterocycles. The molecule has 2 aromatic carbocycles. The molecule has 1 heteroatoms. The molecule has 0 bridgehead atoms. The van der Waals surface area contributed by atoms with Crippen molar-refractivity contribution in [2.75, 3.05) is 0 Å². The predicted octanol–water partition coefficient (Wildman–Crippen LogP) is 2.49. The van der Waals surface area contributed by atoms with Crippen LogP contribution in [0.5, 0.6) is 0 Å². The summed E-state index contributed by atoms with van der Waals surface area (Å²) in [6, 6.07) is 20.7. The standard InChI is InChI=1S/C15H12Se/c1-3-8-14(9-4-1)10-7-13-16-15-11-5-2-6-12-15/h1-6,8-9,11-12H,13H2. The Bertz CT molecular complexity index is 477. The van der Waals surface area contributed by atoms with Crippen molar-refractivity contribution < 1.29 is 0 Å². The molecule has 2 aromatic rings. The first-order chi connectivity index (χ1) is 7.95. The van der Waals surface area contributed by atoms with E-state index in [0.717, 1.165) is 10.9 Å². The van der Waals surface area contributed by atoms with Crippen molar-refractivity contribution in [3.8, 4) is 11.8 Å². The molecular formula is C15H12Se. The summed E-state index contributed by atoms with van der Waals surface area (Å²) in [6.07, 6.45) is 0. The molecule has 0 aliphatic rings. The van der Waals surface area contributed by atoms with Crippen molar-refractivity contribution in [3.63, 3.8) is 0 Å². The van der Waals surface area contributed by atoms with E-state index in [-0.39, 0.29) is 0 Å². The van der Waals surface area contributed by atoms with Crippen LogP contribution in [0, 0.1) is 11.8 Å². The van der Waals surface area contributed by atoms with Gasteiger partial charge >= 0.3 is 103 Å². The maximum absolute atomic E-state index is 3.23. The molecule has 0 aliphatic heterocycles. The van der Waals surface area contributed by atoms with Gasteiger partial charge in [-0.2, -0.15) is 0 Å². The van der Waals surface area contributed by atoms with Gasteiger partial charge < -0.3 is 0 Å². The number of hydrogen-bond acceptors (Lipinski definition) is 0. The van der Waals surface area contributed by atoms with Crippen LogP contribution in [0.1, 0.15) is 5.56 Å². The van der Waals surface area contributed by atoms with Gasteiger partial charge in [-0.25, -0.2) is 0 Å². The summed E-state index contributed by atoms with van der Waals surface area (Å²) < 4.78 is 1.41. The van der Waals surface area contributed by atoms with E-state index in [1.165, 1.54) is 4.46 Å². The summed E-state index contributed by atoms with van der Waals surface area (Å²) in [5.74, 6) is 6.41. The average Bonchev–Trinajstić information content (AvgIpc) is 2.37. The van der Waals surface area contributed by atoms with Gasteiger partial charge in [0.15, 0.2) is 0 Å². The van der Waals surface area contributed by atoms with Gasteiger partial charge in [0, 0.05) is 0 Å². The normalized spacial score (nSPS) is 9.25. The Hall–Kier alpha value is -1.48. The van der Waals surface area contributed by atoms with Gasteiger partial charge in [0.1, 0.15) is 0 Å². The first-order valence-electron chi connectivity index (χ1n) is 5.17. The SMILES string of the molecule is C(#Cc1ccccc1)C[Se]c1ccccc1. The molecule has 16 heavy (non-hydrogen) atoms. The van der Waals surface area contributed by atoms with Crippen LogP contribution in [0.3, 0.4) is 0 Å². The second-order valence-corrected chi connectivity index (χ2v) is 5.47. The zero-order chi connectivity index (χ0) is 11.1. The third-order valence-electron chi connectivity index (χ3n) is 2.06. The van der Waals surface area contributed by atoms with Crippen LogP contribution in [-0.2, 0) is 0 Å². The van der Waals surface area contributed by atoms with Gasteiger partial charge in [0.2, 0.25) is 0 Å². The van der Waals surface area contributed by atoms with Crippen molar-refractivity contribution in [1.29, 1.82) is 0 Å². The molecular weight excluding hydrogens is 259 g/mol. The first-order valence-corrected chi connectivity index (χ1v) is 7.24. The van der Waals surface area contributed by atoms with E-state index >= 15 is 0 Å². The van der Waals surface area contributed by atoms with Gasteiger partial charge in [-0.3, -0.25) is 0 Å². The molecule has 0 aromatic heterocycles. The monoisotopic (exact) mass is 272 g/mol. The van der Waals surface area contributed by atoms with Crippen LogP contribution in [0.15, 0.2) is 60.7 Å². The molecule has 0 radical (unpaired) electrons. The average molecular weight is 271 g/mol. The van der Waals surface area contributed by atoms with Crippen molar-refractivity contribution in [2.45, 2.75) is 5.32 Å². The predicted molar refractivity (Wildman–Crippen MR) is 70.0 cm³/mol. The fraction of sp³-hybridized carbons (Fsp3) is 0.0667. The Morgan fingerprint density at radius 2 is 1.44 bits per heavy atom. The molecule has 2 rings (SSSR count). The molecule has 0 aliphatic carbocycles. The third kappa shape index (κ3) is 3.59. The molecule has 0 amide bonds. The Balaban J connectivity index is 1.87. The van der Waals surface area contributed by atoms with Crippen molar-refractivity contribution in [1.82, 2.24) is 0 Å². The van der Waals surface area contributed by atoms with Crippen LogP contribution in [-0.4, -0.2) is 15.0 Å². The van der Waals surface area contributed by atoms with Crippen molar-refractivity contribution >= 4 is 19.4 Å². The van der Waals surface area contributed by atoms with E-state index in [1.807, 2.05) is 30.3 Å². The zero-order valence-electron chi connectivity index (χ0n) is 8.89. The van der Waals surface area contributed by atoms with Crippen molar-refractivity contribution in [3.05, 3.63) is 66.2 Å². The Morgan fingerprint density at radius 3 is 2.12 bits per heavy atom. The van der Waals surface area contributed by atoms with E-state index in [9.17, 15) is 0 Å². The minimum absolute atomic E-state index is 0.475. The number of rotatable bonds is 2. The Morgan fingerprint density at radius 1 is 0.812 bits per heavy atom. The van der Waals surface area contributed by atoms with Crippen LogP contribution in [0.25, 0.3) is 0 Å². The molecule has 0 spiro atoms. The topological polar surface area (TPSA) is 0 Å². The number of benzene rings is 2. The molecule has 0 fully saturated rings. The van der Waals surface area contributed by atoms with E-state index in [0.29, 0.717) is 15.0 Å². The first kappa shape index (κ1) is 11.0. The van der Waals surface area contributed by atoms with Crippen LogP contribution >= 0.6 is 0 Å². The number of hydrogen-bond donors (Lipinski definition) is 0. The Kier molecular flexibility index (Phi) is 4.25. The summed E-state index contributed by atoms with van der Waals surface area (Å²) in [4.78, 5) is 0. The molecule has 0 N–H and O–H groups in total. The van der Waals surface area contributed by atoms with E-state index in [1.54, 1.807) is 0 Å². The van der Waals surface area contributed by atoms with Crippen molar-refractivity contribution in [2.24, 2.45) is 0 Å². The molecule has 0 atom stereocenters. The van der Waals surface area contributed by atoms with Crippen LogP contribution in [0.4, 0.5) is 0 Å². The summed E-state index contributed by atoms with van der Waals surface area (Å²) in [6.45, 7) is 0. The summed E-state index contributed by atoms with van der Waals surface area (Å²) in [7, 11) is 0. The fourth-order valence-electron chi connectivity index (χ4n) is 1.30. The van der Waals surface area contributed by atoms with Gasteiger partial charge in [0.25, 0.3) is 0 Å². The molecule has 0 nitrogen and oxygen atoms in total. The van der Waals surface area contributed by atoms with Gasteiger partial charge in [-0.15, -0.1) is 0 Å². The molecule has 0 unspecified atom stereocenters. The summed E-state index contributed by atoms with van der Waals surface area (Å²) in [5, 5.41) is 0.978. The second-order valence-electron chi connectivity index (χ2n) is 3.27. The zero-order valence-corrected chi connectivity index (χ0v) is 10.6. The van der Waals surface area contributed by atoms with Crippen LogP contribution in [0.2, 0.25) is 5.32 Å². The molecule has 78 valence electrons. The minimum atomic E-state index is 0.475. The fourth-order valence-corrected chi connectivity index (χ4v) is 2.68. The van der Waals surface area contributed by atoms with E-state index in [2.05, 4.69) is 42.2 Å². The van der Waals surface area contributed by atoms with Gasteiger partial charge in [-0.05, 0) is 0 Å². The molecule has 0 saturated heterocycles. The van der Waals surface area contributed by atoms with Gasteiger partial charge in [-0.1, -0.05) is 0 Å². The summed E-state index contributed by atoms with van der Waals surface area (Å²) >= 11 is 0.475. The second kappa shape index (κ2) is 6.18. The Labute approximate surface area is 103 Å². The molecule has 0 saturated carbocycles.